The van der Waals surface area contributed by atoms with E-state index in [-0.39, 0.29) is 0 Å². The van der Waals surface area contributed by atoms with E-state index < -0.39 is 0 Å². The van der Waals surface area contributed by atoms with Gasteiger partial charge >= 0.3 is 0 Å². The van der Waals surface area contributed by atoms with Gasteiger partial charge in [-0.1, -0.05) is 29.8 Å². The molecule has 0 aromatic heterocycles. The van der Waals surface area contributed by atoms with E-state index in [9.17, 15) is 4.79 Å². The fraction of sp³-hybridized carbons (Fsp3) is 0.632. The Balaban J connectivity index is 1.42. The first-order valence-corrected chi connectivity index (χ1v) is 8.76. The van der Waals surface area contributed by atoms with Crippen molar-refractivity contribution in [3.05, 3.63) is 35.4 Å². The fourth-order valence-corrected chi connectivity index (χ4v) is 3.64. The summed E-state index contributed by atoms with van der Waals surface area (Å²) in [5.41, 5.74) is 2.72. The van der Waals surface area contributed by atoms with Crippen molar-refractivity contribution in [2.24, 2.45) is 5.92 Å². The van der Waals surface area contributed by atoms with Gasteiger partial charge in [0, 0.05) is 26.1 Å². The van der Waals surface area contributed by atoms with Crippen LogP contribution in [0.2, 0.25) is 0 Å². The van der Waals surface area contributed by atoms with Crippen molar-refractivity contribution in [2.45, 2.75) is 45.6 Å². The van der Waals surface area contributed by atoms with Gasteiger partial charge in [-0.2, -0.15) is 0 Å². The van der Waals surface area contributed by atoms with E-state index in [4.69, 9.17) is 0 Å². The van der Waals surface area contributed by atoms with Crippen LogP contribution in [0.5, 0.6) is 0 Å². The van der Waals surface area contributed by atoms with Gasteiger partial charge in [-0.15, -0.1) is 0 Å². The van der Waals surface area contributed by atoms with E-state index in [1.54, 1.807) is 0 Å². The molecule has 2 fully saturated rings. The Morgan fingerprint density at radius 3 is 2.32 bits per heavy atom. The molecule has 2 heterocycles. The normalized spacial score (nSPS) is 20.5. The zero-order chi connectivity index (χ0) is 15.4. The second-order valence-electron chi connectivity index (χ2n) is 7.00. The Morgan fingerprint density at radius 1 is 1.05 bits per heavy atom. The summed E-state index contributed by atoms with van der Waals surface area (Å²) >= 11 is 0. The minimum atomic E-state index is 0.398. The van der Waals surface area contributed by atoms with Crippen LogP contribution < -0.4 is 0 Å². The van der Waals surface area contributed by atoms with Crippen molar-refractivity contribution in [1.29, 1.82) is 0 Å². The van der Waals surface area contributed by atoms with Crippen LogP contribution in [0.1, 0.15) is 43.2 Å². The van der Waals surface area contributed by atoms with Gasteiger partial charge in [0.1, 0.15) is 0 Å². The van der Waals surface area contributed by atoms with Crippen molar-refractivity contribution in [3.63, 3.8) is 0 Å². The van der Waals surface area contributed by atoms with Gasteiger partial charge in [0.15, 0.2) is 0 Å². The van der Waals surface area contributed by atoms with Crippen LogP contribution in [0.3, 0.4) is 0 Å². The molecule has 0 unspecified atom stereocenters. The third-order valence-corrected chi connectivity index (χ3v) is 5.16. The summed E-state index contributed by atoms with van der Waals surface area (Å²) in [4.78, 5) is 16.8. The first-order chi connectivity index (χ1) is 10.7. The number of hydrogen-bond acceptors (Lipinski definition) is 2. The van der Waals surface area contributed by atoms with E-state index in [0.29, 0.717) is 11.8 Å². The zero-order valence-electron chi connectivity index (χ0n) is 13.8. The van der Waals surface area contributed by atoms with Crippen LogP contribution in [0, 0.1) is 12.8 Å². The van der Waals surface area contributed by atoms with Gasteiger partial charge in [-0.3, -0.25) is 9.69 Å². The lowest BCUT2D eigenvalue weighted by Gasteiger charge is -2.32. The van der Waals surface area contributed by atoms with Crippen molar-refractivity contribution in [2.75, 3.05) is 26.2 Å². The molecule has 0 aliphatic carbocycles. The Hall–Kier alpha value is -1.35. The van der Waals surface area contributed by atoms with E-state index in [1.807, 2.05) is 0 Å². The van der Waals surface area contributed by atoms with Gasteiger partial charge in [-0.05, 0) is 57.2 Å². The second kappa shape index (κ2) is 7.28. The van der Waals surface area contributed by atoms with Crippen molar-refractivity contribution in [3.8, 4) is 0 Å². The van der Waals surface area contributed by atoms with Gasteiger partial charge in [-0.25, -0.2) is 0 Å². The van der Waals surface area contributed by atoms with E-state index in [1.165, 1.54) is 36.8 Å². The highest BCUT2D eigenvalue weighted by Crippen LogP contribution is 2.23. The Kier molecular flexibility index (Phi) is 5.14. The monoisotopic (exact) mass is 300 g/mol. The molecular weight excluding hydrogens is 272 g/mol. The van der Waals surface area contributed by atoms with Crippen LogP contribution >= 0.6 is 0 Å². The molecule has 1 amide bonds. The van der Waals surface area contributed by atoms with Gasteiger partial charge in [0.25, 0.3) is 0 Å². The number of benzene rings is 1. The highest BCUT2D eigenvalue weighted by molar-refractivity contribution is 5.76. The van der Waals surface area contributed by atoms with Crippen LogP contribution in [0.15, 0.2) is 24.3 Å². The van der Waals surface area contributed by atoms with Gasteiger partial charge in [0.05, 0.1) is 0 Å². The number of amides is 1. The maximum atomic E-state index is 12.2. The molecule has 0 atom stereocenters. The number of aryl methyl sites for hydroxylation is 1. The highest BCUT2D eigenvalue weighted by Gasteiger charge is 2.25. The predicted octanol–water partition coefficient (Wildman–Crippen LogP) is 3.22. The molecule has 3 rings (SSSR count). The van der Waals surface area contributed by atoms with Crippen molar-refractivity contribution in [1.82, 2.24) is 9.80 Å². The molecule has 2 aliphatic rings. The third-order valence-electron chi connectivity index (χ3n) is 5.16. The van der Waals surface area contributed by atoms with E-state index in [2.05, 4.69) is 41.0 Å². The number of piperidine rings is 1. The van der Waals surface area contributed by atoms with E-state index >= 15 is 0 Å². The summed E-state index contributed by atoms with van der Waals surface area (Å²) < 4.78 is 0. The molecule has 120 valence electrons. The highest BCUT2D eigenvalue weighted by atomic mass is 16.2. The molecule has 0 N–H and O–H groups in total. The Bertz CT molecular complexity index is 483. The minimum Gasteiger partial charge on any atom is -0.343 e. The zero-order valence-corrected chi connectivity index (χ0v) is 13.8. The largest absolute Gasteiger partial charge is 0.343 e. The van der Waals surface area contributed by atoms with Gasteiger partial charge in [0.2, 0.25) is 5.91 Å². The molecule has 2 aliphatic heterocycles. The van der Waals surface area contributed by atoms with Crippen LogP contribution in [0.4, 0.5) is 0 Å². The van der Waals surface area contributed by atoms with E-state index in [0.717, 1.165) is 39.1 Å². The summed E-state index contributed by atoms with van der Waals surface area (Å²) in [7, 11) is 0. The van der Waals surface area contributed by atoms with Gasteiger partial charge < -0.3 is 4.90 Å². The molecule has 3 heteroatoms. The number of carbonyl (C=O) groups is 1. The number of nitrogens with zero attached hydrogens (tertiary/aromatic N) is 2. The summed E-state index contributed by atoms with van der Waals surface area (Å²) in [6, 6.07) is 8.85. The first-order valence-electron chi connectivity index (χ1n) is 8.76. The lowest BCUT2D eigenvalue weighted by atomic mass is 9.92. The number of rotatable bonds is 4. The molecular formula is C19H28N2O. The average Bonchev–Trinajstić information content (AvgIpc) is 3.06. The van der Waals surface area contributed by atoms with Crippen LogP contribution in [0.25, 0.3) is 0 Å². The molecule has 0 spiro atoms. The van der Waals surface area contributed by atoms with Crippen molar-refractivity contribution >= 4 is 5.91 Å². The number of hydrogen-bond donors (Lipinski definition) is 0. The predicted molar refractivity (Wildman–Crippen MR) is 89.6 cm³/mol. The lowest BCUT2D eigenvalue weighted by molar-refractivity contribution is -0.131. The topological polar surface area (TPSA) is 23.6 Å². The number of carbonyl (C=O) groups excluding carboxylic acids is 1. The fourth-order valence-electron chi connectivity index (χ4n) is 3.64. The Morgan fingerprint density at radius 2 is 1.68 bits per heavy atom. The molecule has 1 aromatic carbocycles. The summed E-state index contributed by atoms with van der Waals surface area (Å²) in [5.74, 6) is 0.997. The molecule has 0 radical (unpaired) electrons. The summed E-state index contributed by atoms with van der Waals surface area (Å²) in [6.07, 6.45) is 5.51. The SMILES string of the molecule is Cc1ccc(CN2CCC(CC(=O)N3CCCC3)CC2)cc1. The molecule has 0 saturated carbocycles. The summed E-state index contributed by atoms with van der Waals surface area (Å²) in [6.45, 7) is 7.42. The molecule has 1 aromatic rings. The molecule has 3 nitrogen and oxygen atoms in total. The molecule has 0 bridgehead atoms. The maximum absolute atomic E-state index is 12.2. The first kappa shape index (κ1) is 15.5. The quantitative estimate of drug-likeness (QED) is 0.852. The van der Waals surface area contributed by atoms with Crippen molar-refractivity contribution < 1.29 is 4.79 Å². The lowest BCUT2D eigenvalue weighted by Crippen LogP contribution is -2.36. The standard InChI is InChI=1S/C19H28N2O/c1-16-4-6-18(7-5-16)15-20-12-8-17(9-13-20)14-19(22)21-10-2-3-11-21/h4-7,17H,2-3,8-15H2,1H3. The molecule has 22 heavy (non-hydrogen) atoms. The third kappa shape index (κ3) is 4.10. The molecule has 2 saturated heterocycles. The summed E-state index contributed by atoms with van der Waals surface area (Å²) in [5, 5.41) is 0. The van der Waals surface area contributed by atoms with Crippen LogP contribution in [-0.2, 0) is 11.3 Å². The average molecular weight is 300 g/mol. The minimum absolute atomic E-state index is 0.398. The number of likely N-dealkylation sites (tertiary alicyclic amines) is 2. The van der Waals surface area contributed by atoms with Crippen LogP contribution in [-0.4, -0.2) is 41.9 Å². The maximum Gasteiger partial charge on any atom is 0.222 e. The Labute approximate surface area is 134 Å². The second-order valence-corrected chi connectivity index (χ2v) is 7.00. The smallest absolute Gasteiger partial charge is 0.222 e.